The number of benzene rings is 1. The first-order valence-electron chi connectivity index (χ1n) is 7.62. The lowest BCUT2D eigenvalue weighted by molar-refractivity contribution is 0.0603. The summed E-state index contributed by atoms with van der Waals surface area (Å²) in [6, 6.07) is 6.35. The standard InChI is InChI=1S/C16H23N3O3S/c1-4-9-18-23(21,22)15-7-5-14(6-8-15)16(20)19-11-10-17-12(2)13(19)3/h4-8,12-13,17-18H,1,9-11H2,2-3H3. The lowest BCUT2D eigenvalue weighted by Gasteiger charge is -2.38. The highest BCUT2D eigenvalue weighted by atomic mass is 32.2. The van der Waals surface area contributed by atoms with Crippen molar-refractivity contribution in [1.82, 2.24) is 14.9 Å². The molecule has 2 unspecified atom stereocenters. The highest BCUT2D eigenvalue weighted by Gasteiger charge is 2.28. The first-order valence-corrected chi connectivity index (χ1v) is 9.10. The minimum atomic E-state index is -3.57. The summed E-state index contributed by atoms with van der Waals surface area (Å²) in [5, 5.41) is 3.33. The molecule has 6 nitrogen and oxygen atoms in total. The third-order valence-electron chi connectivity index (χ3n) is 4.12. The number of amides is 1. The molecule has 0 saturated carbocycles. The van der Waals surface area contributed by atoms with Crippen LogP contribution in [-0.2, 0) is 10.0 Å². The number of carbonyl (C=O) groups is 1. The van der Waals surface area contributed by atoms with Crippen molar-refractivity contribution in [1.29, 1.82) is 0 Å². The van der Waals surface area contributed by atoms with Gasteiger partial charge in [0, 0.05) is 37.3 Å². The Balaban J connectivity index is 2.16. The summed E-state index contributed by atoms with van der Waals surface area (Å²) < 4.78 is 26.4. The SMILES string of the molecule is C=CCNS(=O)(=O)c1ccc(C(=O)N2CCNC(C)C2C)cc1. The fourth-order valence-electron chi connectivity index (χ4n) is 2.54. The van der Waals surface area contributed by atoms with Gasteiger partial charge in [-0.25, -0.2) is 13.1 Å². The fourth-order valence-corrected chi connectivity index (χ4v) is 3.54. The second-order valence-electron chi connectivity index (χ2n) is 5.65. The molecule has 0 spiro atoms. The van der Waals surface area contributed by atoms with Crippen molar-refractivity contribution in [3.05, 3.63) is 42.5 Å². The maximum atomic E-state index is 12.6. The van der Waals surface area contributed by atoms with E-state index in [1.807, 2.05) is 18.7 Å². The molecule has 1 saturated heterocycles. The molecule has 1 aromatic carbocycles. The Labute approximate surface area is 137 Å². The molecule has 1 fully saturated rings. The molecule has 1 heterocycles. The van der Waals surface area contributed by atoms with Gasteiger partial charge in [0.15, 0.2) is 0 Å². The number of carbonyl (C=O) groups excluding carboxylic acids is 1. The van der Waals surface area contributed by atoms with E-state index < -0.39 is 10.0 Å². The second-order valence-corrected chi connectivity index (χ2v) is 7.41. The van der Waals surface area contributed by atoms with E-state index in [0.717, 1.165) is 6.54 Å². The van der Waals surface area contributed by atoms with Crippen molar-refractivity contribution >= 4 is 15.9 Å². The van der Waals surface area contributed by atoms with Crippen LogP contribution in [0.15, 0.2) is 41.8 Å². The van der Waals surface area contributed by atoms with E-state index in [2.05, 4.69) is 16.6 Å². The third kappa shape index (κ3) is 3.99. The molecule has 1 amide bonds. The summed E-state index contributed by atoms with van der Waals surface area (Å²) in [7, 11) is -3.57. The lowest BCUT2D eigenvalue weighted by atomic mass is 10.1. The Morgan fingerprint density at radius 3 is 2.65 bits per heavy atom. The fraction of sp³-hybridized carbons (Fsp3) is 0.438. The molecule has 1 aliphatic heterocycles. The van der Waals surface area contributed by atoms with E-state index >= 15 is 0 Å². The number of nitrogens with one attached hydrogen (secondary N) is 2. The molecule has 2 atom stereocenters. The number of hydrogen-bond acceptors (Lipinski definition) is 4. The van der Waals surface area contributed by atoms with Crippen molar-refractivity contribution in [3.8, 4) is 0 Å². The Morgan fingerprint density at radius 1 is 1.39 bits per heavy atom. The van der Waals surface area contributed by atoms with Crippen LogP contribution in [0.25, 0.3) is 0 Å². The van der Waals surface area contributed by atoms with Crippen LogP contribution in [-0.4, -0.2) is 50.9 Å². The Hall–Kier alpha value is -1.70. The highest BCUT2D eigenvalue weighted by molar-refractivity contribution is 7.89. The van der Waals surface area contributed by atoms with Crippen LogP contribution in [0.3, 0.4) is 0 Å². The van der Waals surface area contributed by atoms with Crippen molar-refractivity contribution in [3.63, 3.8) is 0 Å². The summed E-state index contributed by atoms with van der Waals surface area (Å²) in [4.78, 5) is 14.6. The van der Waals surface area contributed by atoms with Crippen LogP contribution >= 0.6 is 0 Å². The molecule has 23 heavy (non-hydrogen) atoms. The van der Waals surface area contributed by atoms with Gasteiger partial charge in [-0.2, -0.15) is 0 Å². The molecule has 0 radical (unpaired) electrons. The monoisotopic (exact) mass is 337 g/mol. The zero-order valence-electron chi connectivity index (χ0n) is 13.5. The number of sulfonamides is 1. The number of piperazine rings is 1. The minimum Gasteiger partial charge on any atom is -0.333 e. The van der Waals surface area contributed by atoms with E-state index in [0.29, 0.717) is 12.1 Å². The average molecular weight is 337 g/mol. The number of hydrogen-bond donors (Lipinski definition) is 2. The Bertz CT molecular complexity index is 670. The van der Waals surface area contributed by atoms with Gasteiger partial charge in [0.05, 0.1) is 4.90 Å². The first-order chi connectivity index (χ1) is 10.9. The first kappa shape index (κ1) is 17.7. The maximum Gasteiger partial charge on any atom is 0.254 e. The van der Waals surface area contributed by atoms with E-state index in [1.165, 1.54) is 18.2 Å². The molecule has 0 aromatic heterocycles. The topological polar surface area (TPSA) is 78.5 Å². The van der Waals surface area contributed by atoms with Crippen LogP contribution in [0.4, 0.5) is 0 Å². The smallest absolute Gasteiger partial charge is 0.254 e. The second kappa shape index (κ2) is 7.25. The molecule has 2 rings (SSSR count). The van der Waals surface area contributed by atoms with Crippen molar-refractivity contribution in [2.24, 2.45) is 0 Å². The third-order valence-corrected chi connectivity index (χ3v) is 5.56. The van der Waals surface area contributed by atoms with Gasteiger partial charge >= 0.3 is 0 Å². The van der Waals surface area contributed by atoms with E-state index in [-0.39, 0.29) is 29.4 Å². The Morgan fingerprint density at radius 2 is 2.04 bits per heavy atom. The highest BCUT2D eigenvalue weighted by Crippen LogP contribution is 2.16. The summed E-state index contributed by atoms with van der Waals surface area (Å²) in [6.45, 7) is 9.10. The van der Waals surface area contributed by atoms with Gasteiger partial charge in [0.2, 0.25) is 10.0 Å². The molecular formula is C16H23N3O3S. The van der Waals surface area contributed by atoms with Gasteiger partial charge in [-0.1, -0.05) is 6.08 Å². The zero-order valence-corrected chi connectivity index (χ0v) is 14.3. The minimum absolute atomic E-state index is 0.0751. The van der Waals surface area contributed by atoms with Crippen LogP contribution in [0.1, 0.15) is 24.2 Å². The number of rotatable bonds is 5. The zero-order chi connectivity index (χ0) is 17.0. The summed E-state index contributed by atoms with van der Waals surface area (Å²) in [6.07, 6.45) is 1.47. The molecule has 126 valence electrons. The summed E-state index contributed by atoms with van der Waals surface area (Å²) in [5.74, 6) is -0.0751. The van der Waals surface area contributed by atoms with Crippen LogP contribution in [0.5, 0.6) is 0 Å². The van der Waals surface area contributed by atoms with Gasteiger partial charge < -0.3 is 10.2 Å². The van der Waals surface area contributed by atoms with Gasteiger partial charge in [0.1, 0.15) is 0 Å². The quantitative estimate of drug-likeness (QED) is 0.785. The maximum absolute atomic E-state index is 12.6. The average Bonchev–Trinajstić information content (AvgIpc) is 2.55. The van der Waals surface area contributed by atoms with Crippen LogP contribution < -0.4 is 10.0 Å². The van der Waals surface area contributed by atoms with Gasteiger partial charge in [-0.05, 0) is 38.1 Å². The van der Waals surface area contributed by atoms with E-state index in [9.17, 15) is 13.2 Å². The van der Waals surface area contributed by atoms with Crippen molar-refractivity contribution in [2.45, 2.75) is 30.8 Å². The number of nitrogens with zero attached hydrogens (tertiary/aromatic N) is 1. The lowest BCUT2D eigenvalue weighted by Crippen LogP contribution is -2.57. The normalized spacial score (nSPS) is 21.9. The van der Waals surface area contributed by atoms with E-state index in [4.69, 9.17) is 0 Å². The van der Waals surface area contributed by atoms with Gasteiger partial charge in [-0.15, -0.1) is 6.58 Å². The van der Waals surface area contributed by atoms with E-state index in [1.54, 1.807) is 12.1 Å². The molecular weight excluding hydrogens is 314 g/mol. The van der Waals surface area contributed by atoms with Gasteiger partial charge in [0.25, 0.3) is 5.91 Å². The largest absolute Gasteiger partial charge is 0.333 e. The van der Waals surface area contributed by atoms with Gasteiger partial charge in [-0.3, -0.25) is 4.79 Å². The van der Waals surface area contributed by atoms with Crippen LogP contribution in [0, 0.1) is 0 Å². The summed E-state index contributed by atoms with van der Waals surface area (Å²) >= 11 is 0. The molecule has 1 aromatic rings. The summed E-state index contributed by atoms with van der Waals surface area (Å²) in [5.41, 5.74) is 0.494. The van der Waals surface area contributed by atoms with Crippen molar-refractivity contribution < 1.29 is 13.2 Å². The van der Waals surface area contributed by atoms with Crippen LogP contribution in [0.2, 0.25) is 0 Å². The Kier molecular flexibility index (Phi) is 5.56. The predicted molar refractivity (Wildman–Crippen MR) is 89.8 cm³/mol. The molecule has 1 aliphatic rings. The van der Waals surface area contributed by atoms with Crippen molar-refractivity contribution in [2.75, 3.05) is 19.6 Å². The molecule has 7 heteroatoms. The molecule has 2 N–H and O–H groups in total. The molecule has 0 aliphatic carbocycles. The predicted octanol–water partition coefficient (Wildman–Crippen LogP) is 0.973. The molecule has 0 bridgehead atoms.